The van der Waals surface area contributed by atoms with Gasteiger partial charge in [0.2, 0.25) is 0 Å². The summed E-state index contributed by atoms with van der Waals surface area (Å²) in [6.45, 7) is 2.45. The lowest BCUT2D eigenvalue weighted by molar-refractivity contribution is 0.0618. The van der Waals surface area contributed by atoms with Gasteiger partial charge < -0.3 is 5.11 Å². The van der Waals surface area contributed by atoms with E-state index in [0.717, 1.165) is 10.9 Å². The maximum atomic E-state index is 12.2. The molecule has 2 amide bonds. The Morgan fingerprint density at radius 1 is 1.26 bits per heavy atom. The van der Waals surface area contributed by atoms with E-state index in [9.17, 15) is 9.59 Å². The van der Waals surface area contributed by atoms with Crippen LogP contribution in [0.3, 0.4) is 0 Å². The Hall–Kier alpha value is -1.20. The molecule has 1 aliphatic rings. The van der Waals surface area contributed by atoms with Crippen LogP contribution in [0.1, 0.15) is 40.5 Å². The zero-order valence-electron chi connectivity index (χ0n) is 10.7. The van der Waals surface area contributed by atoms with Gasteiger partial charge in [0.15, 0.2) is 0 Å². The van der Waals surface area contributed by atoms with Crippen molar-refractivity contribution in [2.45, 2.75) is 19.8 Å². The van der Waals surface area contributed by atoms with Gasteiger partial charge in [-0.25, -0.2) is 0 Å². The first-order valence-corrected chi connectivity index (χ1v) is 7.14. The van der Waals surface area contributed by atoms with Crippen molar-refractivity contribution in [1.82, 2.24) is 4.90 Å². The standard InChI is InChI=1S/C14H16BrNO3/c1-2-9(5-6-17)8-16-13(18)11-4-3-10(15)7-12(11)14(16)19/h3-4,7,9,17H,2,5-6,8H2,1H3. The fourth-order valence-corrected chi connectivity index (χ4v) is 2.66. The molecular formula is C14H16BrNO3. The summed E-state index contributed by atoms with van der Waals surface area (Å²) in [4.78, 5) is 25.7. The highest BCUT2D eigenvalue weighted by molar-refractivity contribution is 9.10. The van der Waals surface area contributed by atoms with Crippen LogP contribution in [-0.4, -0.2) is 35.0 Å². The van der Waals surface area contributed by atoms with Crippen molar-refractivity contribution in [2.75, 3.05) is 13.2 Å². The second-order valence-electron chi connectivity index (χ2n) is 4.70. The highest BCUT2D eigenvalue weighted by Gasteiger charge is 2.36. The lowest BCUT2D eigenvalue weighted by atomic mass is 10.0. The second-order valence-corrected chi connectivity index (χ2v) is 5.61. The molecule has 1 heterocycles. The van der Waals surface area contributed by atoms with Crippen molar-refractivity contribution in [1.29, 1.82) is 0 Å². The first-order chi connectivity index (χ1) is 9.08. The van der Waals surface area contributed by atoms with E-state index < -0.39 is 0 Å². The van der Waals surface area contributed by atoms with E-state index in [0.29, 0.717) is 24.1 Å². The van der Waals surface area contributed by atoms with Crippen LogP contribution in [0.15, 0.2) is 22.7 Å². The molecule has 1 N–H and O–H groups in total. The third kappa shape index (κ3) is 2.72. The monoisotopic (exact) mass is 325 g/mol. The van der Waals surface area contributed by atoms with E-state index in [4.69, 9.17) is 5.11 Å². The number of halogens is 1. The summed E-state index contributed by atoms with van der Waals surface area (Å²) in [5, 5.41) is 8.99. The zero-order valence-corrected chi connectivity index (χ0v) is 12.3. The topological polar surface area (TPSA) is 57.6 Å². The summed E-state index contributed by atoms with van der Waals surface area (Å²) in [6.07, 6.45) is 1.44. The van der Waals surface area contributed by atoms with Crippen LogP contribution < -0.4 is 0 Å². The van der Waals surface area contributed by atoms with E-state index in [1.807, 2.05) is 6.92 Å². The summed E-state index contributed by atoms with van der Waals surface area (Å²) in [7, 11) is 0. The predicted octanol–water partition coefficient (Wildman–Crippen LogP) is 2.45. The molecule has 19 heavy (non-hydrogen) atoms. The van der Waals surface area contributed by atoms with Gasteiger partial charge >= 0.3 is 0 Å². The first-order valence-electron chi connectivity index (χ1n) is 6.35. The summed E-state index contributed by atoms with van der Waals surface area (Å²) in [6, 6.07) is 5.12. The Balaban J connectivity index is 2.22. The SMILES string of the molecule is CCC(CCO)CN1C(=O)c2ccc(Br)cc2C1=O. The van der Waals surface area contributed by atoms with Crippen LogP contribution in [0.25, 0.3) is 0 Å². The molecule has 0 radical (unpaired) electrons. The Labute approximate surface area is 120 Å². The second kappa shape index (κ2) is 5.84. The Morgan fingerprint density at radius 3 is 2.58 bits per heavy atom. The average Bonchev–Trinajstić information content (AvgIpc) is 2.62. The number of carbonyl (C=O) groups is 2. The summed E-state index contributed by atoms with van der Waals surface area (Å²) in [5.41, 5.74) is 0.922. The molecule has 0 bridgehead atoms. The number of imide groups is 1. The molecule has 0 saturated heterocycles. The minimum Gasteiger partial charge on any atom is -0.396 e. The first kappa shape index (κ1) is 14.2. The number of fused-ring (bicyclic) bond motifs is 1. The normalized spacial score (nSPS) is 15.8. The van der Waals surface area contributed by atoms with E-state index in [1.165, 1.54) is 4.90 Å². The highest BCUT2D eigenvalue weighted by atomic mass is 79.9. The number of aliphatic hydroxyl groups excluding tert-OH is 1. The third-order valence-corrected chi connectivity index (χ3v) is 3.98. The molecule has 0 saturated carbocycles. The molecule has 1 unspecified atom stereocenters. The van der Waals surface area contributed by atoms with Crippen molar-refractivity contribution >= 4 is 27.7 Å². The predicted molar refractivity (Wildman–Crippen MR) is 75.0 cm³/mol. The summed E-state index contributed by atoms with van der Waals surface area (Å²) < 4.78 is 0.789. The van der Waals surface area contributed by atoms with Crippen molar-refractivity contribution in [3.05, 3.63) is 33.8 Å². The summed E-state index contributed by atoms with van der Waals surface area (Å²) >= 11 is 3.31. The van der Waals surface area contributed by atoms with Gasteiger partial charge in [-0.2, -0.15) is 0 Å². The smallest absolute Gasteiger partial charge is 0.261 e. The number of hydrogen-bond acceptors (Lipinski definition) is 3. The molecular weight excluding hydrogens is 310 g/mol. The fraction of sp³-hybridized carbons (Fsp3) is 0.429. The van der Waals surface area contributed by atoms with Gasteiger partial charge in [0.05, 0.1) is 11.1 Å². The van der Waals surface area contributed by atoms with Crippen LogP contribution in [0, 0.1) is 5.92 Å². The lowest BCUT2D eigenvalue weighted by Gasteiger charge is -2.20. The number of hydrogen-bond donors (Lipinski definition) is 1. The average molecular weight is 326 g/mol. The van der Waals surface area contributed by atoms with Crippen LogP contribution in [-0.2, 0) is 0 Å². The molecule has 5 heteroatoms. The molecule has 0 fully saturated rings. The molecule has 102 valence electrons. The Kier molecular flexibility index (Phi) is 4.37. The van der Waals surface area contributed by atoms with Gasteiger partial charge in [-0.1, -0.05) is 29.3 Å². The Bertz CT molecular complexity index is 515. The minimum atomic E-state index is -0.238. The number of nitrogens with zero attached hydrogens (tertiary/aromatic N) is 1. The van der Waals surface area contributed by atoms with Crippen LogP contribution in [0.5, 0.6) is 0 Å². The quantitative estimate of drug-likeness (QED) is 0.846. The van der Waals surface area contributed by atoms with E-state index >= 15 is 0 Å². The largest absolute Gasteiger partial charge is 0.396 e. The summed E-state index contributed by atoms with van der Waals surface area (Å²) in [5.74, 6) is -0.322. The van der Waals surface area contributed by atoms with Gasteiger partial charge in [-0.3, -0.25) is 14.5 Å². The van der Waals surface area contributed by atoms with E-state index in [2.05, 4.69) is 15.9 Å². The van der Waals surface area contributed by atoms with Crippen molar-refractivity contribution in [3.8, 4) is 0 Å². The van der Waals surface area contributed by atoms with Crippen molar-refractivity contribution in [3.63, 3.8) is 0 Å². The molecule has 1 aliphatic heterocycles. The zero-order chi connectivity index (χ0) is 14.0. The van der Waals surface area contributed by atoms with E-state index in [1.54, 1.807) is 18.2 Å². The number of benzene rings is 1. The van der Waals surface area contributed by atoms with Gasteiger partial charge in [0, 0.05) is 17.6 Å². The van der Waals surface area contributed by atoms with Crippen molar-refractivity contribution in [2.24, 2.45) is 5.92 Å². The minimum absolute atomic E-state index is 0.0766. The molecule has 1 aromatic carbocycles. The van der Waals surface area contributed by atoms with Crippen molar-refractivity contribution < 1.29 is 14.7 Å². The van der Waals surface area contributed by atoms with Gasteiger partial charge in [0.25, 0.3) is 11.8 Å². The lowest BCUT2D eigenvalue weighted by Crippen LogP contribution is -2.34. The number of aliphatic hydroxyl groups is 1. The molecule has 0 aliphatic carbocycles. The molecule has 4 nitrogen and oxygen atoms in total. The molecule has 2 rings (SSSR count). The van der Waals surface area contributed by atoms with Crippen LogP contribution >= 0.6 is 15.9 Å². The third-order valence-electron chi connectivity index (χ3n) is 3.49. The fourth-order valence-electron chi connectivity index (χ4n) is 2.29. The molecule has 0 aromatic heterocycles. The maximum absolute atomic E-state index is 12.2. The van der Waals surface area contributed by atoms with Crippen LogP contribution in [0.2, 0.25) is 0 Å². The molecule has 0 spiro atoms. The van der Waals surface area contributed by atoms with Gasteiger partial charge in [-0.15, -0.1) is 0 Å². The highest BCUT2D eigenvalue weighted by Crippen LogP contribution is 2.27. The molecule has 1 aromatic rings. The van der Waals surface area contributed by atoms with E-state index in [-0.39, 0.29) is 24.3 Å². The maximum Gasteiger partial charge on any atom is 0.261 e. The van der Waals surface area contributed by atoms with Crippen LogP contribution in [0.4, 0.5) is 0 Å². The van der Waals surface area contributed by atoms with Gasteiger partial charge in [0.1, 0.15) is 0 Å². The van der Waals surface area contributed by atoms with Gasteiger partial charge in [-0.05, 0) is 30.5 Å². The number of amides is 2. The molecule has 1 atom stereocenters. The Morgan fingerprint density at radius 2 is 1.95 bits per heavy atom. The number of carbonyl (C=O) groups excluding carboxylic acids is 2. The number of rotatable bonds is 5.